The number of pyridine rings is 1. The highest BCUT2D eigenvalue weighted by atomic mass is 15.0. The first-order valence-electron chi connectivity index (χ1n) is 4.03. The van der Waals surface area contributed by atoms with Crippen LogP contribution in [0.3, 0.4) is 0 Å². The molecule has 0 aliphatic rings. The van der Waals surface area contributed by atoms with Crippen LogP contribution < -0.4 is 5.73 Å². The summed E-state index contributed by atoms with van der Waals surface area (Å²) in [6, 6.07) is 3.82. The van der Waals surface area contributed by atoms with Crippen LogP contribution >= 0.6 is 0 Å². The maximum atomic E-state index is 5.76. The molecule has 2 aromatic rings. The van der Waals surface area contributed by atoms with Gasteiger partial charge in [-0.15, -0.1) is 0 Å². The second kappa shape index (κ2) is 2.52. The third kappa shape index (κ3) is 0.863. The molecule has 0 aromatic carbocycles. The summed E-state index contributed by atoms with van der Waals surface area (Å²) in [7, 11) is 0. The van der Waals surface area contributed by atoms with Gasteiger partial charge in [-0.25, -0.2) is 4.98 Å². The fourth-order valence-corrected chi connectivity index (χ4v) is 1.36. The van der Waals surface area contributed by atoms with Gasteiger partial charge in [0.1, 0.15) is 5.82 Å². The lowest BCUT2D eigenvalue weighted by atomic mass is 10.3. The van der Waals surface area contributed by atoms with Crippen LogP contribution in [0.15, 0.2) is 24.5 Å². The molecule has 12 heavy (non-hydrogen) atoms. The summed E-state index contributed by atoms with van der Waals surface area (Å²) in [5.74, 6) is 1.05. The number of nitrogens with zero attached hydrogens (tertiary/aromatic N) is 2. The summed E-state index contributed by atoms with van der Waals surface area (Å²) in [6.07, 6.45) is 4.73. The maximum absolute atomic E-state index is 5.76. The van der Waals surface area contributed by atoms with Crippen LogP contribution in [-0.4, -0.2) is 9.38 Å². The molecule has 0 fully saturated rings. The van der Waals surface area contributed by atoms with Crippen LogP contribution in [0.4, 0.5) is 5.69 Å². The van der Waals surface area contributed by atoms with Crippen LogP contribution in [0.1, 0.15) is 12.7 Å². The van der Waals surface area contributed by atoms with E-state index >= 15 is 0 Å². The Balaban J connectivity index is 2.80. The minimum Gasteiger partial charge on any atom is -0.397 e. The van der Waals surface area contributed by atoms with Gasteiger partial charge in [0.25, 0.3) is 0 Å². The first kappa shape index (κ1) is 7.16. The van der Waals surface area contributed by atoms with E-state index in [1.54, 1.807) is 0 Å². The number of anilines is 1. The van der Waals surface area contributed by atoms with Crippen LogP contribution in [-0.2, 0) is 6.42 Å². The number of imidazole rings is 1. The van der Waals surface area contributed by atoms with Gasteiger partial charge in [0.2, 0.25) is 0 Å². The normalized spacial score (nSPS) is 10.8. The zero-order chi connectivity index (χ0) is 8.55. The van der Waals surface area contributed by atoms with Gasteiger partial charge in [0, 0.05) is 12.6 Å². The summed E-state index contributed by atoms with van der Waals surface area (Å²) >= 11 is 0. The second-order valence-corrected chi connectivity index (χ2v) is 2.75. The molecule has 0 bridgehead atoms. The van der Waals surface area contributed by atoms with Crippen molar-refractivity contribution in [3.63, 3.8) is 0 Å². The molecule has 0 radical (unpaired) electrons. The number of fused-ring (bicyclic) bond motifs is 1. The summed E-state index contributed by atoms with van der Waals surface area (Å²) in [5, 5.41) is 0. The molecule has 2 aromatic heterocycles. The molecule has 0 spiro atoms. The van der Waals surface area contributed by atoms with Crippen molar-refractivity contribution in [1.29, 1.82) is 0 Å². The minimum absolute atomic E-state index is 0.782. The summed E-state index contributed by atoms with van der Waals surface area (Å²) < 4.78 is 2.02. The van der Waals surface area contributed by atoms with Crippen molar-refractivity contribution in [1.82, 2.24) is 9.38 Å². The summed E-state index contributed by atoms with van der Waals surface area (Å²) in [4.78, 5) is 4.26. The Morgan fingerprint density at radius 2 is 2.42 bits per heavy atom. The molecule has 0 aliphatic carbocycles. The fraction of sp³-hybridized carbons (Fsp3) is 0.222. The molecular formula is C9H11N3. The average Bonchev–Trinajstić information content (AvgIpc) is 2.49. The van der Waals surface area contributed by atoms with Crippen molar-refractivity contribution in [3.8, 4) is 0 Å². The highest BCUT2D eigenvalue weighted by Crippen LogP contribution is 2.14. The van der Waals surface area contributed by atoms with Gasteiger partial charge in [0.05, 0.1) is 17.4 Å². The Hall–Kier alpha value is -1.51. The van der Waals surface area contributed by atoms with E-state index in [1.165, 1.54) is 0 Å². The van der Waals surface area contributed by atoms with E-state index in [0.29, 0.717) is 0 Å². The first-order valence-corrected chi connectivity index (χ1v) is 4.03. The Morgan fingerprint density at radius 3 is 3.17 bits per heavy atom. The van der Waals surface area contributed by atoms with Crippen molar-refractivity contribution in [2.75, 3.05) is 5.73 Å². The molecule has 0 saturated carbocycles. The van der Waals surface area contributed by atoms with Crippen molar-refractivity contribution in [2.24, 2.45) is 0 Å². The number of aryl methyl sites for hydroxylation is 1. The number of rotatable bonds is 1. The molecule has 0 unspecified atom stereocenters. The van der Waals surface area contributed by atoms with E-state index in [1.807, 2.05) is 28.9 Å². The molecule has 0 amide bonds. The Kier molecular flexibility index (Phi) is 1.50. The van der Waals surface area contributed by atoms with E-state index in [9.17, 15) is 0 Å². The molecule has 3 nitrogen and oxygen atoms in total. The maximum Gasteiger partial charge on any atom is 0.112 e. The minimum atomic E-state index is 0.782. The lowest BCUT2D eigenvalue weighted by molar-refractivity contribution is 0.934. The van der Waals surface area contributed by atoms with Crippen molar-refractivity contribution >= 4 is 11.2 Å². The van der Waals surface area contributed by atoms with E-state index in [2.05, 4.69) is 11.9 Å². The topological polar surface area (TPSA) is 43.3 Å². The van der Waals surface area contributed by atoms with Gasteiger partial charge < -0.3 is 10.1 Å². The van der Waals surface area contributed by atoms with E-state index in [0.717, 1.165) is 23.4 Å². The van der Waals surface area contributed by atoms with E-state index < -0.39 is 0 Å². The summed E-state index contributed by atoms with van der Waals surface area (Å²) in [5.41, 5.74) is 7.54. The van der Waals surface area contributed by atoms with Crippen LogP contribution in [0.5, 0.6) is 0 Å². The second-order valence-electron chi connectivity index (χ2n) is 2.75. The SMILES string of the molecule is CCc1ncc2c(N)cccn12. The third-order valence-corrected chi connectivity index (χ3v) is 2.00. The number of hydrogen-bond donors (Lipinski definition) is 1. The van der Waals surface area contributed by atoms with Gasteiger partial charge in [-0.3, -0.25) is 0 Å². The predicted molar refractivity (Wildman–Crippen MR) is 49.0 cm³/mol. The first-order chi connectivity index (χ1) is 5.83. The standard InChI is InChI=1S/C9H11N3/c1-2-9-11-6-8-7(10)4-3-5-12(8)9/h3-6H,2,10H2,1H3. The lowest BCUT2D eigenvalue weighted by Gasteiger charge is -1.99. The van der Waals surface area contributed by atoms with Crippen molar-refractivity contribution in [2.45, 2.75) is 13.3 Å². The van der Waals surface area contributed by atoms with Crippen LogP contribution in [0.2, 0.25) is 0 Å². The quantitative estimate of drug-likeness (QED) is 0.688. The number of nitrogens with two attached hydrogens (primary N) is 1. The molecule has 3 heteroatoms. The average molecular weight is 161 g/mol. The number of aromatic nitrogens is 2. The predicted octanol–water partition coefficient (Wildman–Crippen LogP) is 1.48. The largest absolute Gasteiger partial charge is 0.397 e. The van der Waals surface area contributed by atoms with Gasteiger partial charge in [-0.05, 0) is 12.1 Å². The van der Waals surface area contributed by atoms with Crippen LogP contribution in [0.25, 0.3) is 5.52 Å². The van der Waals surface area contributed by atoms with Crippen molar-refractivity contribution in [3.05, 3.63) is 30.4 Å². The molecule has 62 valence electrons. The summed E-state index contributed by atoms with van der Waals surface area (Å²) in [6.45, 7) is 2.08. The lowest BCUT2D eigenvalue weighted by Crippen LogP contribution is -1.94. The molecular weight excluding hydrogens is 150 g/mol. The Labute approximate surface area is 70.8 Å². The van der Waals surface area contributed by atoms with Gasteiger partial charge in [0.15, 0.2) is 0 Å². The number of hydrogen-bond acceptors (Lipinski definition) is 2. The van der Waals surface area contributed by atoms with Gasteiger partial charge in [-0.2, -0.15) is 0 Å². The number of nitrogen functional groups attached to an aromatic ring is 1. The van der Waals surface area contributed by atoms with Crippen molar-refractivity contribution < 1.29 is 0 Å². The van der Waals surface area contributed by atoms with E-state index in [-0.39, 0.29) is 0 Å². The van der Waals surface area contributed by atoms with Gasteiger partial charge in [-0.1, -0.05) is 6.92 Å². The Bertz CT molecular complexity index is 403. The third-order valence-electron chi connectivity index (χ3n) is 2.00. The molecule has 0 atom stereocenters. The van der Waals surface area contributed by atoms with Crippen LogP contribution in [0, 0.1) is 0 Å². The Morgan fingerprint density at radius 1 is 1.58 bits per heavy atom. The highest BCUT2D eigenvalue weighted by Gasteiger charge is 2.01. The highest BCUT2D eigenvalue weighted by molar-refractivity contribution is 5.68. The zero-order valence-corrected chi connectivity index (χ0v) is 6.99. The fourth-order valence-electron chi connectivity index (χ4n) is 1.36. The van der Waals surface area contributed by atoms with E-state index in [4.69, 9.17) is 5.73 Å². The van der Waals surface area contributed by atoms with Gasteiger partial charge >= 0.3 is 0 Å². The molecule has 2 heterocycles. The monoisotopic (exact) mass is 161 g/mol. The molecule has 0 saturated heterocycles. The molecule has 0 aliphatic heterocycles. The zero-order valence-electron chi connectivity index (χ0n) is 6.99. The smallest absolute Gasteiger partial charge is 0.112 e. The molecule has 2 rings (SSSR count). The molecule has 2 N–H and O–H groups in total.